The Balaban J connectivity index is 2.02. The minimum atomic E-state index is -1.15. The first kappa shape index (κ1) is 16.4. The lowest BCUT2D eigenvalue weighted by molar-refractivity contribution is 0.0125. The van der Waals surface area contributed by atoms with Crippen LogP contribution in [0.2, 0.25) is 0 Å². The lowest BCUT2D eigenvalue weighted by Crippen LogP contribution is -2.48. The van der Waals surface area contributed by atoms with Crippen LogP contribution in [-0.4, -0.2) is 44.1 Å². The van der Waals surface area contributed by atoms with E-state index in [1.807, 2.05) is 26.2 Å². The number of ether oxygens (including phenoxy) is 1. The van der Waals surface area contributed by atoms with Gasteiger partial charge in [-0.1, -0.05) is 0 Å². The Kier molecular flexibility index (Phi) is 5.37. The van der Waals surface area contributed by atoms with Gasteiger partial charge in [0.15, 0.2) is 4.34 Å². The number of likely N-dealkylation sites (tertiary alicyclic amines) is 1. The van der Waals surface area contributed by atoms with Crippen molar-refractivity contribution in [2.24, 2.45) is 0 Å². The number of aromatic nitrogens is 1. The summed E-state index contributed by atoms with van der Waals surface area (Å²) in [7, 11) is -1.15. The van der Waals surface area contributed by atoms with E-state index in [1.54, 1.807) is 11.1 Å². The topological polar surface area (TPSA) is 59.5 Å². The molecule has 0 radical (unpaired) electrons. The summed E-state index contributed by atoms with van der Waals surface area (Å²) in [5, 5.41) is 1.82. The van der Waals surface area contributed by atoms with E-state index in [4.69, 9.17) is 4.74 Å². The van der Waals surface area contributed by atoms with E-state index in [9.17, 15) is 9.00 Å². The van der Waals surface area contributed by atoms with Gasteiger partial charge >= 0.3 is 6.09 Å². The van der Waals surface area contributed by atoms with Gasteiger partial charge in [0, 0.05) is 24.2 Å². The van der Waals surface area contributed by atoms with Crippen LogP contribution in [-0.2, 0) is 15.5 Å². The molecule has 0 aromatic carbocycles. The van der Waals surface area contributed by atoms with Gasteiger partial charge in [-0.2, -0.15) is 0 Å². The molecule has 0 bridgehead atoms. The van der Waals surface area contributed by atoms with E-state index in [-0.39, 0.29) is 12.1 Å². The molecule has 1 amide bonds. The Bertz CT molecular complexity index is 497. The Morgan fingerprint density at radius 3 is 2.90 bits per heavy atom. The summed E-state index contributed by atoms with van der Waals surface area (Å²) < 4.78 is 18.4. The molecule has 2 heterocycles. The van der Waals surface area contributed by atoms with Crippen LogP contribution in [0.1, 0.15) is 40.0 Å². The minimum absolute atomic E-state index is 0.0293. The Labute approximate surface area is 132 Å². The van der Waals surface area contributed by atoms with Gasteiger partial charge in [-0.15, -0.1) is 11.3 Å². The number of nitrogens with zero attached hydrogens (tertiary/aromatic N) is 2. The third-order valence-corrected chi connectivity index (χ3v) is 5.80. The van der Waals surface area contributed by atoms with Gasteiger partial charge in [0.2, 0.25) is 0 Å². The van der Waals surface area contributed by atoms with Gasteiger partial charge in [-0.25, -0.2) is 9.78 Å². The highest BCUT2D eigenvalue weighted by Gasteiger charge is 2.32. The molecule has 0 N–H and O–H groups in total. The molecular weight excluding hydrogens is 308 g/mol. The number of carbonyl (C=O) groups excluding carboxylic acids is 1. The summed E-state index contributed by atoms with van der Waals surface area (Å²) in [5.74, 6) is 0.437. The van der Waals surface area contributed by atoms with Gasteiger partial charge in [0.25, 0.3) is 0 Å². The molecule has 2 rings (SSSR count). The summed E-state index contributed by atoms with van der Waals surface area (Å²) >= 11 is 1.39. The summed E-state index contributed by atoms with van der Waals surface area (Å²) in [6.07, 6.45) is 4.25. The molecule has 5 nitrogen and oxygen atoms in total. The highest BCUT2D eigenvalue weighted by atomic mass is 32.2. The van der Waals surface area contributed by atoms with Crippen molar-refractivity contribution in [1.29, 1.82) is 0 Å². The number of amides is 1. The van der Waals surface area contributed by atoms with Crippen molar-refractivity contribution >= 4 is 28.2 Å². The molecule has 0 unspecified atom stereocenters. The lowest BCUT2D eigenvalue weighted by Gasteiger charge is -2.36. The number of hydrogen-bond donors (Lipinski definition) is 0. The minimum Gasteiger partial charge on any atom is -0.444 e. The molecule has 1 saturated heterocycles. The first-order chi connectivity index (χ1) is 9.87. The Morgan fingerprint density at radius 2 is 2.29 bits per heavy atom. The molecule has 1 aromatic rings. The second-order valence-electron chi connectivity index (χ2n) is 6.13. The number of rotatable bonds is 3. The molecule has 118 valence electrons. The lowest BCUT2D eigenvalue weighted by atomic mass is 10.0. The molecule has 1 fully saturated rings. The number of piperidine rings is 1. The average molecular weight is 330 g/mol. The van der Waals surface area contributed by atoms with E-state index >= 15 is 0 Å². The second-order valence-corrected chi connectivity index (χ2v) is 8.70. The molecule has 0 aliphatic carbocycles. The van der Waals surface area contributed by atoms with E-state index in [0.717, 1.165) is 19.3 Å². The number of hydrogen-bond acceptors (Lipinski definition) is 5. The fraction of sp³-hybridized carbons (Fsp3) is 0.714. The van der Waals surface area contributed by atoms with Crippen molar-refractivity contribution in [2.75, 3.05) is 12.3 Å². The number of thiazole rings is 1. The molecular formula is C14H22N2O3S2. The summed E-state index contributed by atoms with van der Waals surface area (Å²) in [4.78, 5) is 18.1. The zero-order valence-corrected chi connectivity index (χ0v) is 14.3. The van der Waals surface area contributed by atoms with Crippen LogP contribution in [0.5, 0.6) is 0 Å². The van der Waals surface area contributed by atoms with Crippen molar-refractivity contribution < 1.29 is 13.7 Å². The molecule has 2 atom stereocenters. The normalized spacial score (nSPS) is 21.1. The fourth-order valence-electron chi connectivity index (χ4n) is 2.30. The maximum absolute atomic E-state index is 12.3. The summed E-state index contributed by atoms with van der Waals surface area (Å²) in [6.45, 7) is 6.25. The highest BCUT2D eigenvalue weighted by molar-refractivity contribution is 7.87. The SMILES string of the molecule is CC(C)(C)OC(=O)N1CCCC[C@@H]1C[S@](=O)c1nccs1. The third kappa shape index (κ3) is 4.78. The van der Waals surface area contributed by atoms with Crippen LogP contribution in [0.3, 0.4) is 0 Å². The zero-order chi connectivity index (χ0) is 15.5. The highest BCUT2D eigenvalue weighted by Crippen LogP contribution is 2.23. The molecule has 21 heavy (non-hydrogen) atoms. The molecule has 1 aromatic heterocycles. The van der Waals surface area contributed by atoms with E-state index in [2.05, 4.69) is 4.98 Å². The summed E-state index contributed by atoms with van der Waals surface area (Å²) in [6, 6.07) is -0.0293. The molecule has 1 aliphatic rings. The van der Waals surface area contributed by atoms with Crippen molar-refractivity contribution in [3.8, 4) is 0 Å². The quantitative estimate of drug-likeness (QED) is 0.855. The smallest absolute Gasteiger partial charge is 0.410 e. The monoisotopic (exact) mass is 330 g/mol. The first-order valence-electron chi connectivity index (χ1n) is 7.14. The first-order valence-corrected chi connectivity index (χ1v) is 9.34. The van der Waals surface area contributed by atoms with Crippen LogP contribution in [0.25, 0.3) is 0 Å². The van der Waals surface area contributed by atoms with Crippen LogP contribution in [0.15, 0.2) is 15.9 Å². The van der Waals surface area contributed by atoms with Crippen molar-refractivity contribution in [2.45, 2.75) is 56.0 Å². The van der Waals surface area contributed by atoms with Gasteiger partial charge in [0.05, 0.1) is 16.6 Å². The second kappa shape index (κ2) is 6.87. The zero-order valence-electron chi connectivity index (χ0n) is 12.7. The molecule has 0 saturated carbocycles. The van der Waals surface area contributed by atoms with Crippen molar-refractivity contribution in [3.63, 3.8) is 0 Å². The molecule has 1 aliphatic heterocycles. The largest absolute Gasteiger partial charge is 0.444 e. The predicted octanol–water partition coefficient (Wildman–Crippen LogP) is 3.04. The van der Waals surface area contributed by atoms with Gasteiger partial charge in [-0.3, -0.25) is 4.21 Å². The van der Waals surface area contributed by atoms with Crippen LogP contribution >= 0.6 is 11.3 Å². The van der Waals surface area contributed by atoms with Gasteiger partial charge < -0.3 is 9.64 Å². The van der Waals surface area contributed by atoms with Crippen LogP contribution in [0, 0.1) is 0 Å². The molecule has 7 heteroatoms. The standard InChI is InChI=1S/C14H22N2O3S2/c1-14(2,3)19-13(17)16-8-5-4-6-11(16)10-21(18)12-15-7-9-20-12/h7,9,11H,4-6,8,10H2,1-3H3/t11-,21+/m1/s1. The van der Waals surface area contributed by atoms with Gasteiger partial charge in [-0.05, 0) is 40.0 Å². The maximum atomic E-state index is 12.3. The average Bonchev–Trinajstić information content (AvgIpc) is 2.91. The van der Waals surface area contributed by atoms with E-state index in [1.165, 1.54) is 11.3 Å². The number of carbonyl (C=O) groups is 1. The van der Waals surface area contributed by atoms with Crippen LogP contribution in [0.4, 0.5) is 4.79 Å². The Morgan fingerprint density at radius 1 is 1.52 bits per heavy atom. The van der Waals surface area contributed by atoms with Crippen LogP contribution < -0.4 is 0 Å². The Hall–Kier alpha value is -0.950. The van der Waals surface area contributed by atoms with Crippen molar-refractivity contribution in [1.82, 2.24) is 9.88 Å². The third-order valence-electron chi connectivity index (χ3n) is 3.20. The fourth-order valence-corrected chi connectivity index (χ4v) is 4.48. The van der Waals surface area contributed by atoms with E-state index < -0.39 is 16.4 Å². The predicted molar refractivity (Wildman–Crippen MR) is 84.0 cm³/mol. The van der Waals surface area contributed by atoms with Gasteiger partial charge in [0.1, 0.15) is 5.60 Å². The van der Waals surface area contributed by atoms with Crippen molar-refractivity contribution in [3.05, 3.63) is 11.6 Å². The van der Waals surface area contributed by atoms with E-state index in [0.29, 0.717) is 16.6 Å². The maximum Gasteiger partial charge on any atom is 0.410 e. The molecule has 0 spiro atoms. The summed E-state index contributed by atoms with van der Waals surface area (Å²) in [5.41, 5.74) is -0.506.